The molecular weight excluding hydrogens is 279 g/mol. The number of benzene rings is 1. The monoisotopic (exact) mass is 289 g/mol. The molecule has 5 nitrogen and oxygen atoms in total. The molecule has 8 heteroatoms. The summed E-state index contributed by atoms with van der Waals surface area (Å²) in [7, 11) is 1.22. The van der Waals surface area contributed by atoms with Crippen LogP contribution in [0.15, 0.2) is 29.4 Å². The molecule has 1 aliphatic heterocycles. The highest BCUT2D eigenvalue weighted by Gasteiger charge is 2.60. The minimum atomic E-state index is -4.94. The number of carbonyl (C=O) groups excluding carboxylic acids is 1. The fourth-order valence-corrected chi connectivity index (χ4v) is 1.65. The smallest absolute Gasteiger partial charge is 0.458 e. The average Bonchev–Trinajstić information content (AvgIpc) is 2.82. The normalized spacial score (nSPS) is 22.1. The molecule has 20 heavy (non-hydrogen) atoms. The van der Waals surface area contributed by atoms with E-state index in [9.17, 15) is 23.1 Å². The van der Waals surface area contributed by atoms with Gasteiger partial charge in [0.15, 0.2) is 0 Å². The molecule has 1 aliphatic rings. The molecule has 2 rings (SSSR count). The van der Waals surface area contributed by atoms with Crippen molar-refractivity contribution in [2.45, 2.75) is 18.4 Å². The number of esters is 1. The van der Waals surface area contributed by atoms with E-state index in [0.29, 0.717) is 5.56 Å². The molecule has 0 aromatic heterocycles. The van der Waals surface area contributed by atoms with Crippen molar-refractivity contribution >= 4 is 11.7 Å². The quantitative estimate of drug-likeness (QED) is 0.844. The third-order valence-electron chi connectivity index (χ3n) is 2.80. The summed E-state index contributed by atoms with van der Waals surface area (Å²) in [6.45, 7) is 0. The van der Waals surface area contributed by atoms with Crippen molar-refractivity contribution in [3.8, 4) is 0 Å². The first-order valence-corrected chi connectivity index (χ1v) is 5.50. The molecule has 1 N–H and O–H groups in total. The maximum Gasteiger partial charge on any atom is 0.458 e. The Morgan fingerprint density at radius 1 is 1.40 bits per heavy atom. The fraction of sp³-hybridized carbons (Fsp3) is 0.333. The Hall–Kier alpha value is -2.09. The molecular formula is C12H10F3NO4. The van der Waals surface area contributed by atoms with Gasteiger partial charge in [-0.1, -0.05) is 17.3 Å². The van der Waals surface area contributed by atoms with Gasteiger partial charge in [0.25, 0.3) is 0 Å². The van der Waals surface area contributed by atoms with Crippen molar-refractivity contribution in [2.24, 2.45) is 5.16 Å². The van der Waals surface area contributed by atoms with Gasteiger partial charge in [0.2, 0.25) is 0 Å². The molecule has 108 valence electrons. The second kappa shape index (κ2) is 4.78. The van der Waals surface area contributed by atoms with Gasteiger partial charge in [-0.2, -0.15) is 13.2 Å². The Morgan fingerprint density at radius 2 is 2.00 bits per heavy atom. The van der Waals surface area contributed by atoms with Gasteiger partial charge in [-0.05, 0) is 17.7 Å². The maximum atomic E-state index is 12.5. The van der Waals surface area contributed by atoms with Crippen LogP contribution in [0.3, 0.4) is 0 Å². The Morgan fingerprint density at radius 3 is 2.45 bits per heavy atom. The zero-order valence-corrected chi connectivity index (χ0v) is 10.3. The highest BCUT2D eigenvalue weighted by Crippen LogP contribution is 2.38. The molecule has 0 saturated carbocycles. The first-order chi connectivity index (χ1) is 9.27. The Labute approximate surface area is 111 Å². The van der Waals surface area contributed by atoms with Crippen LogP contribution in [0.25, 0.3) is 0 Å². The van der Waals surface area contributed by atoms with Crippen LogP contribution < -0.4 is 0 Å². The van der Waals surface area contributed by atoms with E-state index in [0.717, 1.165) is 0 Å². The van der Waals surface area contributed by atoms with E-state index >= 15 is 0 Å². The van der Waals surface area contributed by atoms with Gasteiger partial charge < -0.3 is 14.7 Å². The summed E-state index contributed by atoms with van der Waals surface area (Å²) in [5, 5.41) is 12.6. The van der Waals surface area contributed by atoms with Gasteiger partial charge in [-0.15, -0.1) is 0 Å². The summed E-state index contributed by atoms with van der Waals surface area (Å²) in [5.41, 5.74) is 0.515. The number of halogens is 3. The maximum absolute atomic E-state index is 12.5. The van der Waals surface area contributed by atoms with E-state index in [1.54, 1.807) is 0 Å². The minimum Gasteiger partial charge on any atom is -0.465 e. The molecule has 0 saturated heterocycles. The summed E-state index contributed by atoms with van der Waals surface area (Å²) >= 11 is 0. The lowest BCUT2D eigenvalue weighted by Gasteiger charge is -2.22. The van der Waals surface area contributed by atoms with Crippen LogP contribution in [0.1, 0.15) is 22.3 Å². The number of hydrogen-bond donors (Lipinski definition) is 1. The highest BCUT2D eigenvalue weighted by atomic mass is 19.4. The zero-order valence-electron chi connectivity index (χ0n) is 10.3. The number of aliphatic hydroxyl groups is 1. The number of carbonyl (C=O) groups is 1. The Bertz CT molecular complexity index is 553. The average molecular weight is 289 g/mol. The van der Waals surface area contributed by atoms with Gasteiger partial charge >= 0.3 is 17.9 Å². The van der Waals surface area contributed by atoms with Gasteiger partial charge in [0, 0.05) is 0 Å². The molecule has 0 bridgehead atoms. The van der Waals surface area contributed by atoms with E-state index < -0.39 is 24.4 Å². The molecule has 1 heterocycles. The van der Waals surface area contributed by atoms with Crippen molar-refractivity contribution < 1.29 is 32.6 Å². The van der Waals surface area contributed by atoms with Crippen LogP contribution >= 0.6 is 0 Å². The number of oxime groups is 1. The Kier molecular flexibility index (Phi) is 3.43. The van der Waals surface area contributed by atoms with Gasteiger partial charge in [0.05, 0.1) is 24.8 Å². The van der Waals surface area contributed by atoms with Gasteiger partial charge in [-0.25, -0.2) is 4.79 Å². The third kappa shape index (κ3) is 2.46. The molecule has 0 fully saturated rings. The topological polar surface area (TPSA) is 68.1 Å². The lowest BCUT2D eigenvalue weighted by molar-refractivity contribution is -0.355. The number of alkyl halides is 3. The predicted octanol–water partition coefficient (Wildman–Crippen LogP) is 1.85. The second-order valence-corrected chi connectivity index (χ2v) is 4.16. The molecule has 1 aromatic rings. The number of hydrogen-bond acceptors (Lipinski definition) is 5. The van der Waals surface area contributed by atoms with Gasteiger partial charge in [-0.3, -0.25) is 0 Å². The fourth-order valence-electron chi connectivity index (χ4n) is 1.65. The molecule has 0 amide bonds. The van der Waals surface area contributed by atoms with Crippen molar-refractivity contribution in [2.75, 3.05) is 7.11 Å². The van der Waals surface area contributed by atoms with Crippen molar-refractivity contribution in [3.05, 3.63) is 35.4 Å². The van der Waals surface area contributed by atoms with E-state index in [2.05, 4.69) is 14.7 Å². The largest absolute Gasteiger partial charge is 0.465 e. The van der Waals surface area contributed by atoms with Crippen LogP contribution in [0.4, 0.5) is 13.2 Å². The number of rotatable bonds is 2. The van der Waals surface area contributed by atoms with Crippen LogP contribution in [-0.2, 0) is 9.57 Å². The van der Waals surface area contributed by atoms with Crippen LogP contribution in [0, 0.1) is 0 Å². The summed E-state index contributed by atoms with van der Waals surface area (Å²) in [5.74, 6) is -3.86. The Balaban J connectivity index is 2.17. The van der Waals surface area contributed by atoms with Crippen LogP contribution in [-0.4, -0.2) is 35.9 Å². The first kappa shape index (κ1) is 14.3. The number of ether oxygens (including phenoxy) is 1. The van der Waals surface area contributed by atoms with Crippen molar-refractivity contribution in [1.29, 1.82) is 0 Å². The van der Waals surface area contributed by atoms with Crippen molar-refractivity contribution in [3.63, 3.8) is 0 Å². The molecule has 1 atom stereocenters. The highest BCUT2D eigenvalue weighted by molar-refractivity contribution is 6.02. The second-order valence-electron chi connectivity index (χ2n) is 4.16. The van der Waals surface area contributed by atoms with Crippen LogP contribution in [0.2, 0.25) is 0 Å². The third-order valence-corrected chi connectivity index (χ3v) is 2.80. The van der Waals surface area contributed by atoms with Crippen LogP contribution in [0.5, 0.6) is 0 Å². The molecule has 1 aromatic carbocycles. The molecule has 0 spiro atoms. The summed E-state index contributed by atoms with van der Waals surface area (Å²) in [6, 6.07) is 5.57. The summed E-state index contributed by atoms with van der Waals surface area (Å²) < 4.78 is 42.1. The standard InChI is InChI=1S/C12H10F3NO4/c1-19-10(17)8-4-2-7(3-5-8)9-6-11(18,20-16-9)12(13,14)15/h2-5,18H,6H2,1H3. The lowest BCUT2D eigenvalue weighted by atomic mass is 10.0. The molecule has 0 aliphatic carbocycles. The minimum absolute atomic E-state index is 0.0544. The molecule has 1 unspecified atom stereocenters. The number of methoxy groups -OCH3 is 1. The van der Waals surface area contributed by atoms with Gasteiger partial charge in [0.1, 0.15) is 0 Å². The molecule has 0 radical (unpaired) electrons. The SMILES string of the molecule is COC(=O)c1ccc(C2=NOC(O)(C(F)(F)F)C2)cc1. The van der Waals surface area contributed by atoms with E-state index in [1.807, 2.05) is 0 Å². The summed E-state index contributed by atoms with van der Waals surface area (Å²) in [4.78, 5) is 15.3. The van der Waals surface area contributed by atoms with Crippen molar-refractivity contribution in [1.82, 2.24) is 0 Å². The van der Waals surface area contributed by atoms with E-state index in [4.69, 9.17) is 0 Å². The summed E-state index contributed by atoms with van der Waals surface area (Å²) in [6.07, 6.45) is -5.75. The number of nitrogens with zero attached hydrogens (tertiary/aromatic N) is 1. The zero-order chi connectivity index (χ0) is 15.0. The predicted molar refractivity (Wildman–Crippen MR) is 61.0 cm³/mol. The van der Waals surface area contributed by atoms with E-state index in [-0.39, 0.29) is 11.3 Å². The van der Waals surface area contributed by atoms with E-state index in [1.165, 1.54) is 31.4 Å². The first-order valence-electron chi connectivity index (χ1n) is 5.50. The lowest BCUT2D eigenvalue weighted by Crippen LogP contribution is -2.45.